The molecule has 0 aromatic heterocycles. The van der Waals surface area contributed by atoms with E-state index in [0.717, 1.165) is 38.0 Å². The zero-order chi connectivity index (χ0) is 14.7. The first kappa shape index (κ1) is 15.3. The fourth-order valence-electron chi connectivity index (χ4n) is 2.66. The Kier molecular flexibility index (Phi) is 5.02. The third-order valence-corrected chi connectivity index (χ3v) is 4.40. The van der Waals surface area contributed by atoms with Gasteiger partial charge in [-0.05, 0) is 56.5 Å². The largest absolute Gasteiger partial charge is 0.393 e. The molecule has 1 aliphatic heterocycles. The molecule has 0 spiro atoms. The summed E-state index contributed by atoms with van der Waals surface area (Å²) in [5, 5.41) is 10.2. The van der Waals surface area contributed by atoms with E-state index in [9.17, 15) is 9.90 Å². The first-order valence-electron chi connectivity index (χ1n) is 6.96. The van der Waals surface area contributed by atoms with Gasteiger partial charge in [-0.15, -0.1) is 0 Å². The Bertz CT molecular complexity index is 483. The van der Waals surface area contributed by atoms with Gasteiger partial charge < -0.3 is 10.8 Å². The van der Waals surface area contributed by atoms with Crippen LogP contribution in [0.5, 0.6) is 0 Å². The van der Waals surface area contributed by atoms with Crippen LogP contribution in [0, 0.1) is 5.92 Å². The van der Waals surface area contributed by atoms with Gasteiger partial charge in [0.15, 0.2) is 0 Å². The lowest BCUT2D eigenvalue weighted by Crippen LogP contribution is -2.36. The van der Waals surface area contributed by atoms with Crippen LogP contribution in [-0.2, 0) is 6.54 Å². The maximum Gasteiger partial charge on any atom is 0.248 e. The second-order valence-electron chi connectivity index (χ2n) is 5.52. The number of carbonyl (C=O) groups is 1. The lowest BCUT2D eigenvalue weighted by molar-refractivity contribution is 0.0695. The van der Waals surface area contributed by atoms with Crippen LogP contribution in [0.15, 0.2) is 18.2 Å². The topological polar surface area (TPSA) is 66.6 Å². The van der Waals surface area contributed by atoms with Gasteiger partial charge in [-0.1, -0.05) is 17.7 Å². The van der Waals surface area contributed by atoms with E-state index in [4.69, 9.17) is 17.3 Å². The van der Waals surface area contributed by atoms with Crippen LogP contribution in [0.2, 0.25) is 5.02 Å². The normalized spacial score (nSPS) is 18.9. The molecule has 0 aliphatic carbocycles. The van der Waals surface area contributed by atoms with Crippen molar-refractivity contribution in [2.24, 2.45) is 11.7 Å². The number of rotatable bonds is 4. The highest BCUT2D eigenvalue weighted by Gasteiger charge is 2.23. The van der Waals surface area contributed by atoms with Gasteiger partial charge in [0.25, 0.3) is 0 Å². The first-order chi connectivity index (χ1) is 9.47. The number of amides is 1. The number of halogens is 1. The standard InChI is InChI=1S/C15H21ClN2O2/c1-10(19)11-4-6-18(7-5-11)9-13-3-2-12(15(17)20)8-14(13)16/h2-3,8,10-11,19H,4-7,9H2,1H3,(H2,17,20). The number of carbonyl (C=O) groups excluding carboxylic acids is 1. The van der Waals surface area contributed by atoms with Crippen LogP contribution in [0.3, 0.4) is 0 Å². The summed E-state index contributed by atoms with van der Waals surface area (Å²) in [6.45, 7) is 4.55. The summed E-state index contributed by atoms with van der Waals surface area (Å²) >= 11 is 6.20. The number of aliphatic hydroxyl groups is 1. The van der Waals surface area contributed by atoms with Crippen LogP contribution in [0.1, 0.15) is 35.7 Å². The Hall–Kier alpha value is -1.10. The van der Waals surface area contributed by atoms with Crippen molar-refractivity contribution in [3.63, 3.8) is 0 Å². The van der Waals surface area contributed by atoms with Crippen LogP contribution in [-0.4, -0.2) is 35.1 Å². The zero-order valence-electron chi connectivity index (χ0n) is 11.7. The van der Waals surface area contributed by atoms with Crippen molar-refractivity contribution < 1.29 is 9.90 Å². The molecule has 20 heavy (non-hydrogen) atoms. The average Bonchev–Trinajstić information content (AvgIpc) is 2.41. The average molecular weight is 297 g/mol. The molecule has 1 atom stereocenters. The molecule has 3 N–H and O–H groups in total. The van der Waals surface area contributed by atoms with E-state index >= 15 is 0 Å². The number of hydrogen-bond acceptors (Lipinski definition) is 3. The predicted octanol–water partition coefficient (Wildman–Crippen LogP) is 2.03. The second-order valence-corrected chi connectivity index (χ2v) is 5.93. The van der Waals surface area contributed by atoms with Crippen molar-refractivity contribution in [1.82, 2.24) is 4.90 Å². The van der Waals surface area contributed by atoms with Crippen LogP contribution >= 0.6 is 11.6 Å². The molecular weight excluding hydrogens is 276 g/mol. The van der Waals surface area contributed by atoms with E-state index in [1.54, 1.807) is 12.1 Å². The molecule has 0 radical (unpaired) electrons. The second kappa shape index (κ2) is 6.57. The van der Waals surface area contributed by atoms with Crippen molar-refractivity contribution in [2.75, 3.05) is 13.1 Å². The Morgan fingerprint density at radius 3 is 2.65 bits per heavy atom. The fourth-order valence-corrected chi connectivity index (χ4v) is 2.90. The molecule has 0 bridgehead atoms. The Morgan fingerprint density at radius 1 is 1.50 bits per heavy atom. The van der Waals surface area contributed by atoms with Gasteiger partial charge in [-0.2, -0.15) is 0 Å². The number of hydrogen-bond donors (Lipinski definition) is 2. The maximum absolute atomic E-state index is 11.1. The van der Waals surface area contributed by atoms with Gasteiger partial charge >= 0.3 is 0 Å². The molecule has 4 nitrogen and oxygen atoms in total. The van der Waals surface area contributed by atoms with Gasteiger partial charge in [0.2, 0.25) is 5.91 Å². The van der Waals surface area contributed by atoms with E-state index in [1.165, 1.54) is 0 Å². The summed E-state index contributed by atoms with van der Waals surface area (Å²) in [5.41, 5.74) is 6.67. The Labute approximate surface area is 124 Å². The molecule has 2 rings (SSSR count). The van der Waals surface area contributed by atoms with Crippen LogP contribution in [0.25, 0.3) is 0 Å². The lowest BCUT2D eigenvalue weighted by Gasteiger charge is -2.33. The Morgan fingerprint density at radius 2 is 2.15 bits per heavy atom. The predicted molar refractivity (Wildman–Crippen MR) is 79.7 cm³/mol. The molecule has 1 fully saturated rings. The third-order valence-electron chi connectivity index (χ3n) is 4.05. The van der Waals surface area contributed by atoms with Crippen molar-refractivity contribution in [1.29, 1.82) is 0 Å². The summed E-state index contributed by atoms with van der Waals surface area (Å²) in [6, 6.07) is 5.21. The molecule has 1 heterocycles. The number of piperidine rings is 1. The molecule has 1 aromatic rings. The minimum Gasteiger partial charge on any atom is -0.393 e. The number of aliphatic hydroxyl groups excluding tert-OH is 1. The smallest absolute Gasteiger partial charge is 0.248 e. The van der Waals surface area contributed by atoms with E-state index in [2.05, 4.69) is 4.90 Å². The van der Waals surface area contributed by atoms with E-state index in [-0.39, 0.29) is 6.10 Å². The minimum atomic E-state index is -0.462. The lowest BCUT2D eigenvalue weighted by atomic mass is 9.92. The van der Waals surface area contributed by atoms with Gasteiger partial charge in [0.1, 0.15) is 0 Å². The van der Waals surface area contributed by atoms with E-state index in [1.807, 2.05) is 13.0 Å². The van der Waals surface area contributed by atoms with Crippen molar-refractivity contribution >= 4 is 17.5 Å². The van der Waals surface area contributed by atoms with E-state index in [0.29, 0.717) is 16.5 Å². The Balaban J connectivity index is 1.96. The van der Waals surface area contributed by atoms with Crippen molar-refractivity contribution in [3.05, 3.63) is 34.3 Å². The summed E-state index contributed by atoms with van der Waals surface area (Å²) in [6.07, 6.45) is 1.79. The van der Waals surface area contributed by atoms with Gasteiger partial charge in [-0.3, -0.25) is 9.69 Å². The highest BCUT2D eigenvalue weighted by Crippen LogP contribution is 2.24. The van der Waals surface area contributed by atoms with E-state index < -0.39 is 5.91 Å². The van der Waals surface area contributed by atoms with Gasteiger partial charge in [0.05, 0.1) is 6.10 Å². The summed E-state index contributed by atoms with van der Waals surface area (Å²) in [7, 11) is 0. The quantitative estimate of drug-likeness (QED) is 0.893. The summed E-state index contributed by atoms with van der Waals surface area (Å²) in [5.74, 6) is -0.0600. The zero-order valence-corrected chi connectivity index (χ0v) is 12.4. The molecule has 1 aromatic carbocycles. The molecule has 1 amide bonds. The molecule has 5 heteroatoms. The fraction of sp³-hybridized carbons (Fsp3) is 0.533. The van der Waals surface area contributed by atoms with Crippen LogP contribution in [0.4, 0.5) is 0 Å². The molecule has 110 valence electrons. The summed E-state index contributed by atoms with van der Waals surface area (Å²) < 4.78 is 0. The number of primary amides is 1. The minimum absolute atomic E-state index is 0.226. The van der Waals surface area contributed by atoms with Gasteiger partial charge in [0, 0.05) is 17.1 Å². The number of benzene rings is 1. The SMILES string of the molecule is CC(O)C1CCN(Cc2ccc(C(N)=O)cc2Cl)CC1. The van der Waals surface area contributed by atoms with Crippen molar-refractivity contribution in [3.8, 4) is 0 Å². The third kappa shape index (κ3) is 3.72. The first-order valence-corrected chi connectivity index (χ1v) is 7.34. The molecular formula is C15H21ClN2O2. The van der Waals surface area contributed by atoms with Gasteiger partial charge in [-0.25, -0.2) is 0 Å². The maximum atomic E-state index is 11.1. The molecule has 1 saturated heterocycles. The van der Waals surface area contributed by atoms with Crippen LogP contribution < -0.4 is 5.73 Å². The summed E-state index contributed by atoms with van der Waals surface area (Å²) in [4.78, 5) is 13.4. The molecule has 0 saturated carbocycles. The number of nitrogens with zero attached hydrogens (tertiary/aromatic N) is 1. The highest BCUT2D eigenvalue weighted by atomic mass is 35.5. The number of nitrogens with two attached hydrogens (primary N) is 1. The molecule has 1 unspecified atom stereocenters. The molecule has 1 aliphatic rings. The number of likely N-dealkylation sites (tertiary alicyclic amines) is 1. The monoisotopic (exact) mass is 296 g/mol. The highest BCUT2D eigenvalue weighted by molar-refractivity contribution is 6.31. The van der Waals surface area contributed by atoms with Crippen molar-refractivity contribution in [2.45, 2.75) is 32.4 Å².